The zero-order valence-corrected chi connectivity index (χ0v) is 17.0. The number of hydrogen-bond acceptors (Lipinski definition) is 7. The standard InChI is InChI=1S/C19H20N4O6S/c1-22(13-7-8-15(25)16(11-13)29-2)23(12-18(26)20-9-10-24)19-14-5-3-4-6-17(14)30(27,28)21-19/h3-8,11,24H,1,9-10,12H2,2H3,(H-,20,25,26)/p+1. The van der Waals surface area contributed by atoms with Crippen molar-refractivity contribution in [1.29, 1.82) is 0 Å². The maximum absolute atomic E-state index is 12.5. The maximum Gasteiger partial charge on any atom is 0.285 e. The normalized spacial score (nSPS) is 13.9. The molecule has 0 spiro atoms. The van der Waals surface area contributed by atoms with Gasteiger partial charge in [-0.3, -0.25) is 4.79 Å². The van der Waals surface area contributed by atoms with Gasteiger partial charge >= 0.3 is 0 Å². The second-order valence-electron chi connectivity index (χ2n) is 6.27. The first-order valence-electron chi connectivity index (χ1n) is 8.85. The van der Waals surface area contributed by atoms with E-state index in [4.69, 9.17) is 9.84 Å². The number of nitrogens with one attached hydrogen (secondary N) is 1. The number of aliphatic hydroxyl groups excluding tert-OH is 1. The molecule has 0 fully saturated rings. The number of aromatic hydroxyl groups is 1. The van der Waals surface area contributed by atoms with Gasteiger partial charge in [0, 0.05) is 18.2 Å². The van der Waals surface area contributed by atoms with E-state index in [2.05, 4.69) is 16.4 Å². The molecule has 0 aliphatic carbocycles. The summed E-state index contributed by atoms with van der Waals surface area (Å²) in [5, 5.41) is 22.6. The topological polar surface area (TPSA) is 132 Å². The smallest absolute Gasteiger partial charge is 0.285 e. The number of benzene rings is 2. The number of hydrazine groups is 1. The minimum Gasteiger partial charge on any atom is -0.504 e. The van der Waals surface area contributed by atoms with Gasteiger partial charge in [0.1, 0.15) is 4.90 Å². The van der Waals surface area contributed by atoms with Crippen LogP contribution in [0.3, 0.4) is 0 Å². The summed E-state index contributed by atoms with van der Waals surface area (Å²) in [7, 11) is -2.55. The van der Waals surface area contributed by atoms with E-state index in [9.17, 15) is 18.3 Å². The second kappa shape index (κ2) is 8.51. The van der Waals surface area contributed by atoms with Crippen molar-refractivity contribution >= 4 is 34.2 Å². The lowest BCUT2D eigenvalue weighted by molar-refractivity contribution is -0.585. The van der Waals surface area contributed by atoms with Crippen LogP contribution in [-0.2, 0) is 14.8 Å². The zero-order chi connectivity index (χ0) is 21.9. The molecule has 30 heavy (non-hydrogen) atoms. The Balaban J connectivity index is 2.06. The number of rotatable bonds is 7. The summed E-state index contributed by atoms with van der Waals surface area (Å²) in [5.41, 5.74) is 0.732. The van der Waals surface area contributed by atoms with Crippen LogP contribution in [0.5, 0.6) is 11.5 Å². The van der Waals surface area contributed by atoms with Crippen LogP contribution in [0, 0.1) is 0 Å². The molecule has 3 N–H and O–H groups in total. The van der Waals surface area contributed by atoms with E-state index >= 15 is 0 Å². The van der Waals surface area contributed by atoms with Gasteiger partial charge in [-0.15, -0.1) is 9.41 Å². The van der Waals surface area contributed by atoms with E-state index in [1.807, 2.05) is 0 Å². The van der Waals surface area contributed by atoms with Crippen molar-refractivity contribution in [2.24, 2.45) is 4.40 Å². The SMILES string of the molecule is C=[N+](c1ccc(O)c(OC)c1)N(CC(=O)NCCO)C1=NS(=O)(=O)c2ccccc21. The monoisotopic (exact) mass is 433 g/mol. The second-order valence-corrected chi connectivity index (χ2v) is 7.85. The lowest BCUT2D eigenvalue weighted by Crippen LogP contribution is -2.45. The first-order valence-corrected chi connectivity index (χ1v) is 10.3. The Morgan fingerprint density at radius 3 is 2.73 bits per heavy atom. The number of fused-ring (bicyclic) bond motifs is 1. The maximum atomic E-state index is 12.5. The molecule has 1 heterocycles. The van der Waals surface area contributed by atoms with Gasteiger partial charge in [0.2, 0.25) is 17.4 Å². The number of phenolic OH excluding ortho intramolecular Hbond substituents is 1. The number of carbonyl (C=O) groups excluding carboxylic acids is 1. The van der Waals surface area contributed by atoms with Gasteiger partial charge in [0.05, 0.1) is 19.8 Å². The van der Waals surface area contributed by atoms with Crippen molar-refractivity contribution in [3.05, 3.63) is 48.0 Å². The molecule has 0 saturated carbocycles. The van der Waals surface area contributed by atoms with Gasteiger partial charge in [-0.2, -0.15) is 8.42 Å². The summed E-state index contributed by atoms with van der Waals surface area (Å²) in [4.78, 5) is 12.4. The van der Waals surface area contributed by atoms with Crippen LogP contribution in [0.2, 0.25) is 0 Å². The molecule has 1 aliphatic heterocycles. The molecule has 0 unspecified atom stereocenters. The molecule has 11 heteroatoms. The van der Waals surface area contributed by atoms with Crippen LogP contribution in [-0.4, -0.2) is 73.6 Å². The van der Waals surface area contributed by atoms with Gasteiger partial charge in [-0.25, -0.2) is 0 Å². The highest BCUT2D eigenvalue weighted by Gasteiger charge is 2.37. The summed E-state index contributed by atoms with van der Waals surface area (Å²) in [5.74, 6) is -0.375. The third-order valence-corrected chi connectivity index (χ3v) is 5.66. The Morgan fingerprint density at radius 2 is 2.03 bits per heavy atom. The van der Waals surface area contributed by atoms with Gasteiger partial charge in [-0.05, 0) is 18.2 Å². The highest BCUT2D eigenvalue weighted by Crippen LogP contribution is 2.32. The van der Waals surface area contributed by atoms with Crippen LogP contribution in [0.4, 0.5) is 5.69 Å². The Hall–Kier alpha value is -3.44. The van der Waals surface area contributed by atoms with Crippen molar-refractivity contribution < 1.29 is 32.8 Å². The van der Waals surface area contributed by atoms with E-state index in [0.29, 0.717) is 11.3 Å². The number of carbonyl (C=O) groups is 1. The number of sulfonamides is 1. The molecule has 0 bridgehead atoms. The number of hydrogen-bond donors (Lipinski definition) is 3. The Kier molecular flexibility index (Phi) is 6.04. The summed E-state index contributed by atoms with van der Waals surface area (Å²) in [6.45, 7) is 3.40. The van der Waals surface area contributed by atoms with Gasteiger partial charge < -0.3 is 20.3 Å². The molecule has 1 aliphatic rings. The highest BCUT2D eigenvalue weighted by molar-refractivity contribution is 7.90. The molecule has 158 valence electrons. The number of ether oxygens (including phenoxy) is 1. The van der Waals surface area contributed by atoms with E-state index < -0.39 is 15.9 Å². The number of amidine groups is 1. The largest absolute Gasteiger partial charge is 0.504 e. The number of aliphatic hydroxyl groups is 1. The van der Waals surface area contributed by atoms with Gasteiger partial charge in [-0.1, -0.05) is 16.8 Å². The molecule has 2 aromatic rings. The van der Waals surface area contributed by atoms with Crippen molar-refractivity contribution in [2.75, 3.05) is 26.8 Å². The molecule has 0 saturated heterocycles. The highest BCUT2D eigenvalue weighted by atomic mass is 32.2. The average Bonchev–Trinajstić information content (AvgIpc) is 3.01. The van der Waals surface area contributed by atoms with E-state index in [-0.39, 0.29) is 41.9 Å². The van der Waals surface area contributed by atoms with Crippen molar-refractivity contribution in [1.82, 2.24) is 10.3 Å². The van der Waals surface area contributed by atoms with Crippen molar-refractivity contribution in [3.8, 4) is 11.5 Å². The number of nitrogens with zero attached hydrogens (tertiary/aromatic N) is 3. The third kappa shape index (κ3) is 4.11. The van der Waals surface area contributed by atoms with Gasteiger partial charge in [0.25, 0.3) is 10.0 Å². The number of methoxy groups -OCH3 is 1. The number of amides is 1. The molecule has 2 aromatic carbocycles. The molecule has 1 amide bonds. The van der Waals surface area contributed by atoms with E-state index in [1.165, 1.54) is 41.1 Å². The molecule has 0 radical (unpaired) electrons. The fourth-order valence-electron chi connectivity index (χ4n) is 2.90. The molecule has 3 rings (SSSR count). The van der Waals surface area contributed by atoms with Crippen molar-refractivity contribution in [3.63, 3.8) is 0 Å². The van der Waals surface area contributed by atoms with Crippen LogP contribution in [0.15, 0.2) is 51.8 Å². The first kappa shape index (κ1) is 21.3. The molecule has 10 nitrogen and oxygen atoms in total. The Morgan fingerprint density at radius 1 is 1.30 bits per heavy atom. The minimum absolute atomic E-state index is 0.0202. The fraction of sp³-hybridized carbons (Fsp3) is 0.211. The van der Waals surface area contributed by atoms with E-state index in [1.54, 1.807) is 18.2 Å². The summed E-state index contributed by atoms with van der Waals surface area (Å²) in [6, 6.07) is 10.7. The van der Waals surface area contributed by atoms with Gasteiger partial charge in [0.15, 0.2) is 24.8 Å². The van der Waals surface area contributed by atoms with Crippen LogP contribution >= 0.6 is 0 Å². The summed E-state index contributed by atoms with van der Waals surface area (Å²) >= 11 is 0. The number of phenols is 1. The molecule has 0 aromatic heterocycles. The van der Waals surface area contributed by atoms with Crippen molar-refractivity contribution in [2.45, 2.75) is 4.90 Å². The summed E-state index contributed by atoms with van der Waals surface area (Å²) in [6.07, 6.45) is 0. The zero-order valence-electron chi connectivity index (χ0n) is 16.1. The summed E-state index contributed by atoms with van der Waals surface area (Å²) < 4.78 is 35.2. The van der Waals surface area contributed by atoms with Crippen LogP contribution < -0.4 is 10.1 Å². The lowest BCUT2D eigenvalue weighted by atomic mass is 10.2. The predicted octanol–water partition coefficient (Wildman–Crippen LogP) is 0.220. The Bertz CT molecular complexity index is 1130. The van der Waals surface area contributed by atoms with Crippen LogP contribution in [0.1, 0.15) is 5.56 Å². The third-order valence-electron chi connectivity index (χ3n) is 4.34. The quantitative estimate of drug-likeness (QED) is 0.323. The number of hydrazone groups is 1. The molecular weight excluding hydrogens is 412 g/mol. The lowest BCUT2D eigenvalue weighted by Gasteiger charge is -2.19. The predicted molar refractivity (Wildman–Crippen MR) is 109 cm³/mol. The fourth-order valence-corrected chi connectivity index (χ4v) is 4.11. The van der Waals surface area contributed by atoms with Crippen LogP contribution in [0.25, 0.3) is 0 Å². The molecular formula is C19H21N4O6S+. The molecule has 0 atom stereocenters. The average molecular weight is 433 g/mol. The Labute approximate surface area is 173 Å². The van der Waals surface area contributed by atoms with E-state index in [0.717, 1.165) is 0 Å². The minimum atomic E-state index is -3.93. The first-order chi connectivity index (χ1) is 14.3.